The Bertz CT molecular complexity index is 488. The van der Waals surface area contributed by atoms with E-state index in [0.29, 0.717) is 5.41 Å². The number of aliphatic hydroxyl groups is 1. The zero-order chi connectivity index (χ0) is 19.7. The number of nitrogens with one attached hydrogen (secondary N) is 2. The second kappa shape index (κ2) is 12.6. The van der Waals surface area contributed by atoms with E-state index in [1.165, 1.54) is 32.1 Å². The van der Waals surface area contributed by atoms with Crippen LogP contribution in [-0.4, -0.2) is 88.8 Å². The third-order valence-corrected chi connectivity index (χ3v) is 6.89. The quantitative estimate of drug-likeness (QED) is 0.256. The van der Waals surface area contributed by atoms with Gasteiger partial charge in [-0.15, -0.1) is 24.0 Å². The molecule has 2 aliphatic heterocycles. The van der Waals surface area contributed by atoms with Crippen molar-refractivity contribution in [1.29, 1.82) is 0 Å². The topological polar surface area (TPSA) is 78.4 Å². The molecule has 1 atom stereocenters. The van der Waals surface area contributed by atoms with Crippen LogP contribution in [0, 0.1) is 10.8 Å². The number of halogens is 1. The minimum atomic E-state index is 0. The van der Waals surface area contributed by atoms with E-state index in [9.17, 15) is 5.11 Å². The van der Waals surface area contributed by atoms with Crippen molar-refractivity contribution in [3.63, 3.8) is 0 Å². The summed E-state index contributed by atoms with van der Waals surface area (Å²) in [5.74, 6) is 0.871. The standard InChI is InChI=1S/C21H40N4O3.HI/c1-22-19(24-16-21(7-11-26)8-12-28-18-21)23-15-20(5-3-2-4-6-20)17-25-9-13-27-14-10-25;/h26H,2-18H2,1H3,(H2,22,23,24);1H. The maximum atomic E-state index is 9.43. The number of hydrogen-bond donors (Lipinski definition) is 3. The molecule has 170 valence electrons. The molecule has 8 heteroatoms. The highest BCUT2D eigenvalue weighted by Crippen LogP contribution is 2.37. The Kier molecular flexibility index (Phi) is 10.9. The van der Waals surface area contributed by atoms with Gasteiger partial charge < -0.3 is 25.2 Å². The van der Waals surface area contributed by atoms with E-state index in [2.05, 4.69) is 20.5 Å². The van der Waals surface area contributed by atoms with Crippen LogP contribution in [0.2, 0.25) is 0 Å². The molecule has 3 aliphatic rings. The average molecular weight is 524 g/mol. The highest BCUT2D eigenvalue weighted by atomic mass is 127. The molecule has 2 heterocycles. The lowest BCUT2D eigenvalue weighted by Crippen LogP contribution is -2.52. The number of aliphatic imine (C=N–C) groups is 1. The predicted molar refractivity (Wildman–Crippen MR) is 127 cm³/mol. The number of morpholine rings is 1. The summed E-state index contributed by atoms with van der Waals surface area (Å²) < 4.78 is 11.1. The van der Waals surface area contributed by atoms with Gasteiger partial charge in [0.2, 0.25) is 0 Å². The van der Waals surface area contributed by atoms with Crippen LogP contribution >= 0.6 is 24.0 Å². The molecule has 3 rings (SSSR count). The number of rotatable bonds is 8. The summed E-state index contributed by atoms with van der Waals surface area (Å²) in [6.45, 7) is 8.47. The van der Waals surface area contributed by atoms with E-state index in [0.717, 1.165) is 78.0 Å². The molecule has 0 amide bonds. The number of aliphatic hydroxyl groups excluding tert-OH is 1. The van der Waals surface area contributed by atoms with Crippen LogP contribution in [0.25, 0.3) is 0 Å². The second-order valence-electron chi connectivity index (χ2n) is 9.00. The molecular weight excluding hydrogens is 483 g/mol. The van der Waals surface area contributed by atoms with Gasteiger partial charge in [-0.2, -0.15) is 0 Å². The SMILES string of the molecule is CN=C(NCC1(CCO)CCOC1)NCC1(CN2CCOCC2)CCCCC1.I. The summed E-state index contributed by atoms with van der Waals surface area (Å²) in [6, 6.07) is 0. The van der Waals surface area contributed by atoms with Crippen LogP contribution in [0.5, 0.6) is 0 Å². The molecule has 1 saturated carbocycles. The minimum Gasteiger partial charge on any atom is -0.396 e. The molecule has 0 bridgehead atoms. The van der Waals surface area contributed by atoms with Crippen molar-refractivity contribution in [2.75, 3.05) is 72.8 Å². The molecule has 29 heavy (non-hydrogen) atoms. The first-order valence-electron chi connectivity index (χ1n) is 11.1. The Balaban J connectivity index is 0.00000300. The van der Waals surface area contributed by atoms with Crippen LogP contribution in [-0.2, 0) is 9.47 Å². The molecule has 1 unspecified atom stereocenters. The van der Waals surface area contributed by atoms with Gasteiger partial charge in [0.15, 0.2) is 5.96 Å². The van der Waals surface area contributed by atoms with E-state index < -0.39 is 0 Å². The normalized spacial score (nSPS) is 28.0. The van der Waals surface area contributed by atoms with E-state index in [1.54, 1.807) is 0 Å². The van der Waals surface area contributed by atoms with Gasteiger partial charge >= 0.3 is 0 Å². The van der Waals surface area contributed by atoms with Crippen LogP contribution in [0.1, 0.15) is 44.9 Å². The smallest absolute Gasteiger partial charge is 0.191 e. The number of nitrogens with zero attached hydrogens (tertiary/aromatic N) is 2. The predicted octanol–water partition coefficient (Wildman–Crippen LogP) is 1.84. The van der Waals surface area contributed by atoms with Crippen LogP contribution in [0.4, 0.5) is 0 Å². The summed E-state index contributed by atoms with van der Waals surface area (Å²) in [7, 11) is 1.84. The first-order chi connectivity index (χ1) is 13.7. The number of hydrogen-bond acceptors (Lipinski definition) is 5. The van der Waals surface area contributed by atoms with E-state index in [-0.39, 0.29) is 36.0 Å². The lowest BCUT2D eigenvalue weighted by Gasteiger charge is -2.42. The Morgan fingerprint density at radius 2 is 1.66 bits per heavy atom. The maximum Gasteiger partial charge on any atom is 0.191 e. The van der Waals surface area contributed by atoms with Crippen molar-refractivity contribution >= 4 is 29.9 Å². The Morgan fingerprint density at radius 3 is 2.24 bits per heavy atom. The monoisotopic (exact) mass is 524 g/mol. The third kappa shape index (κ3) is 7.48. The van der Waals surface area contributed by atoms with Gasteiger partial charge in [0.1, 0.15) is 0 Å². The Hall–Kier alpha value is -0.160. The number of guanidine groups is 1. The maximum absolute atomic E-state index is 9.43. The highest BCUT2D eigenvalue weighted by molar-refractivity contribution is 14.0. The van der Waals surface area contributed by atoms with Crippen LogP contribution < -0.4 is 10.6 Å². The first kappa shape index (κ1) is 25.1. The molecule has 0 aromatic heterocycles. The molecular formula is C21H41IN4O3. The lowest BCUT2D eigenvalue weighted by molar-refractivity contribution is 0.00819. The summed E-state index contributed by atoms with van der Waals surface area (Å²) in [5.41, 5.74) is 0.356. The van der Waals surface area contributed by atoms with E-state index in [4.69, 9.17) is 9.47 Å². The fourth-order valence-electron chi connectivity index (χ4n) is 5.00. The van der Waals surface area contributed by atoms with Crippen molar-refractivity contribution in [3.8, 4) is 0 Å². The van der Waals surface area contributed by atoms with Gasteiger partial charge in [0.05, 0.1) is 19.8 Å². The van der Waals surface area contributed by atoms with Gasteiger partial charge in [-0.3, -0.25) is 9.89 Å². The summed E-state index contributed by atoms with van der Waals surface area (Å²) in [5, 5.41) is 16.6. The summed E-state index contributed by atoms with van der Waals surface area (Å²) in [4.78, 5) is 7.04. The van der Waals surface area contributed by atoms with Gasteiger partial charge in [-0.1, -0.05) is 19.3 Å². The lowest BCUT2D eigenvalue weighted by atomic mass is 9.73. The average Bonchev–Trinajstić information content (AvgIpc) is 3.19. The molecule has 3 N–H and O–H groups in total. The minimum absolute atomic E-state index is 0. The van der Waals surface area contributed by atoms with Crippen molar-refractivity contribution in [1.82, 2.24) is 15.5 Å². The molecule has 0 spiro atoms. The number of ether oxygens (including phenoxy) is 2. The molecule has 0 radical (unpaired) electrons. The largest absolute Gasteiger partial charge is 0.396 e. The fourth-order valence-corrected chi connectivity index (χ4v) is 5.00. The third-order valence-electron chi connectivity index (χ3n) is 6.89. The van der Waals surface area contributed by atoms with Gasteiger partial charge in [0.25, 0.3) is 0 Å². The molecule has 0 aromatic rings. The summed E-state index contributed by atoms with van der Waals surface area (Å²) in [6.07, 6.45) is 8.37. The molecule has 0 aromatic carbocycles. The van der Waals surface area contributed by atoms with Gasteiger partial charge in [-0.25, -0.2) is 0 Å². The zero-order valence-corrected chi connectivity index (χ0v) is 20.4. The van der Waals surface area contributed by atoms with Crippen molar-refractivity contribution in [2.45, 2.75) is 44.9 Å². The Labute approximate surface area is 193 Å². The zero-order valence-electron chi connectivity index (χ0n) is 18.1. The van der Waals surface area contributed by atoms with Crippen molar-refractivity contribution in [2.24, 2.45) is 15.8 Å². The molecule has 3 fully saturated rings. The van der Waals surface area contributed by atoms with Gasteiger partial charge in [-0.05, 0) is 25.7 Å². The van der Waals surface area contributed by atoms with Gasteiger partial charge in [0, 0.05) is 63.8 Å². The fraction of sp³-hybridized carbons (Fsp3) is 0.952. The van der Waals surface area contributed by atoms with Crippen molar-refractivity contribution in [3.05, 3.63) is 0 Å². The van der Waals surface area contributed by atoms with Crippen LogP contribution in [0.15, 0.2) is 4.99 Å². The molecule has 7 nitrogen and oxygen atoms in total. The first-order valence-corrected chi connectivity index (χ1v) is 11.1. The molecule has 1 aliphatic carbocycles. The van der Waals surface area contributed by atoms with Crippen LogP contribution in [0.3, 0.4) is 0 Å². The highest BCUT2D eigenvalue weighted by Gasteiger charge is 2.36. The summed E-state index contributed by atoms with van der Waals surface area (Å²) >= 11 is 0. The molecule has 2 saturated heterocycles. The second-order valence-corrected chi connectivity index (χ2v) is 9.00. The van der Waals surface area contributed by atoms with E-state index >= 15 is 0 Å². The Morgan fingerprint density at radius 1 is 0.966 bits per heavy atom. The van der Waals surface area contributed by atoms with E-state index in [1.807, 2.05) is 7.05 Å². The van der Waals surface area contributed by atoms with Crippen molar-refractivity contribution < 1.29 is 14.6 Å².